The summed E-state index contributed by atoms with van der Waals surface area (Å²) in [5, 5.41) is 12.3. The van der Waals surface area contributed by atoms with Crippen LogP contribution in [0.4, 0.5) is 0 Å². The first kappa shape index (κ1) is 22.4. The third-order valence-electron chi connectivity index (χ3n) is 4.99. The number of hydrogen-bond donors (Lipinski definition) is 1. The molecule has 3 rings (SSSR count). The molecule has 9 heteroatoms. The molecule has 0 radical (unpaired) electrons. The average Bonchev–Trinajstić information content (AvgIpc) is 3.43. The van der Waals surface area contributed by atoms with Gasteiger partial charge in [-0.2, -0.15) is 0 Å². The maximum Gasteiger partial charge on any atom is 0.193 e. The van der Waals surface area contributed by atoms with Gasteiger partial charge in [-0.3, -0.25) is 4.99 Å². The van der Waals surface area contributed by atoms with Crippen LogP contribution in [0, 0.1) is 0 Å². The van der Waals surface area contributed by atoms with Crippen LogP contribution in [-0.4, -0.2) is 71.6 Å². The summed E-state index contributed by atoms with van der Waals surface area (Å²) in [5.41, 5.74) is 0. The highest BCUT2D eigenvalue weighted by Gasteiger charge is 2.16. The van der Waals surface area contributed by atoms with Crippen molar-refractivity contribution in [1.82, 2.24) is 25.0 Å². The number of nitrogens with zero attached hydrogens (tertiary/aromatic N) is 5. The lowest BCUT2D eigenvalue weighted by atomic mass is 10.2. The van der Waals surface area contributed by atoms with Crippen LogP contribution in [0.15, 0.2) is 35.6 Å². The van der Waals surface area contributed by atoms with Crippen molar-refractivity contribution in [3.8, 4) is 5.75 Å². The van der Waals surface area contributed by atoms with E-state index in [4.69, 9.17) is 26.1 Å². The van der Waals surface area contributed by atoms with Crippen molar-refractivity contribution in [3.05, 3.63) is 41.4 Å². The maximum atomic E-state index is 5.92. The normalized spacial score (nSPS) is 16.6. The quantitative estimate of drug-likeness (QED) is 0.457. The van der Waals surface area contributed by atoms with Gasteiger partial charge in [0.2, 0.25) is 0 Å². The van der Waals surface area contributed by atoms with E-state index in [9.17, 15) is 0 Å². The van der Waals surface area contributed by atoms with E-state index in [1.807, 2.05) is 31.3 Å². The van der Waals surface area contributed by atoms with Gasteiger partial charge in [-0.15, -0.1) is 10.2 Å². The Morgan fingerprint density at radius 3 is 2.97 bits per heavy atom. The largest absolute Gasteiger partial charge is 0.492 e. The molecule has 0 aliphatic carbocycles. The number of guanidine groups is 1. The molecule has 8 nitrogen and oxygen atoms in total. The van der Waals surface area contributed by atoms with E-state index < -0.39 is 0 Å². The van der Waals surface area contributed by atoms with Crippen LogP contribution in [0.25, 0.3) is 0 Å². The smallest absolute Gasteiger partial charge is 0.193 e. The minimum absolute atomic E-state index is 0.213. The zero-order chi connectivity index (χ0) is 21.2. The number of rotatable bonds is 10. The van der Waals surface area contributed by atoms with Crippen LogP contribution in [0.5, 0.6) is 5.75 Å². The molecule has 1 aliphatic rings. The van der Waals surface area contributed by atoms with Crippen LogP contribution >= 0.6 is 11.6 Å². The Bertz CT molecular complexity index is 789. The van der Waals surface area contributed by atoms with Crippen LogP contribution in [0.3, 0.4) is 0 Å². The predicted octanol–water partition coefficient (Wildman–Crippen LogP) is 2.63. The van der Waals surface area contributed by atoms with E-state index in [0.717, 1.165) is 56.5 Å². The topological polar surface area (TPSA) is 76.8 Å². The fraction of sp³-hybridized carbons (Fsp3) is 0.571. The van der Waals surface area contributed by atoms with Crippen molar-refractivity contribution < 1.29 is 9.47 Å². The first-order chi connectivity index (χ1) is 14.7. The predicted molar refractivity (Wildman–Crippen MR) is 118 cm³/mol. The summed E-state index contributed by atoms with van der Waals surface area (Å²) >= 11 is 5.92. The first-order valence-electron chi connectivity index (χ1n) is 10.5. The third kappa shape index (κ3) is 6.88. The Morgan fingerprint density at radius 1 is 1.40 bits per heavy atom. The second kappa shape index (κ2) is 11.8. The molecule has 1 unspecified atom stereocenters. The van der Waals surface area contributed by atoms with E-state index in [1.165, 1.54) is 0 Å². The molecule has 1 atom stereocenters. The van der Waals surface area contributed by atoms with Crippen molar-refractivity contribution >= 4 is 17.6 Å². The number of ether oxygens (including phenoxy) is 2. The Balaban J connectivity index is 1.52. The first-order valence-corrected chi connectivity index (χ1v) is 10.9. The molecule has 164 valence electrons. The average molecular weight is 435 g/mol. The van der Waals surface area contributed by atoms with E-state index in [-0.39, 0.29) is 6.10 Å². The van der Waals surface area contributed by atoms with Gasteiger partial charge in [-0.1, -0.05) is 18.5 Å². The summed E-state index contributed by atoms with van der Waals surface area (Å²) in [6, 6.07) is 7.40. The van der Waals surface area contributed by atoms with E-state index in [0.29, 0.717) is 24.7 Å². The summed E-state index contributed by atoms with van der Waals surface area (Å²) in [4.78, 5) is 6.88. The van der Waals surface area contributed by atoms with Gasteiger partial charge in [0.05, 0.1) is 19.2 Å². The minimum atomic E-state index is 0.213. The minimum Gasteiger partial charge on any atom is -0.492 e. The molecule has 1 aromatic heterocycles. The molecule has 0 amide bonds. The Labute approximate surface area is 183 Å². The number of halogens is 1. The highest BCUT2D eigenvalue weighted by molar-refractivity contribution is 6.30. The summed E-state index contributed by atoms with van der Waals surface area (Å²) < 4.78 is 13.6. The summed E-state index contributed by atoms with van der Waals surface area (Å²) in [6.07, 6.45) is 5.03. The van der Waals surface area contributed by atoms with Crippen molar-refractivity contribution in [2.75, 3.05) is 39.9 Å². The standard InChI is InChI=1S/C21H31ClN6O2/c1-3-20-26-25-16-28(20)11-10-23-21(24-15-19-5-4-13-29-19)27(2)12-14-30-18-8-6-17(22)7-9-18/h6-9,16,19H,3-5,10-15H2,1-2H3,(H,23,24). The Hall–Kier alpha value is -2.32. The zero-order valence-corrected chi connectivity index (χ0v) is 18.5. The molecule has 0 bridgehead atoms. The third-order valence-corrected chi connectivity index (χ3v) is 5.24. The highest BCUT2D eigenvalue weighted by Crippen LogP contribution is 2.15. The van der Waals surface area contributed by atoms with Crippen molar-refractivity contribution in [2.45, 2.75) is 38.8 Å². The van der Waals surface area contributed by atoms with Gasteiger partial charge in [-0.25, -0.2) is 0 Å². The van der Waals surface area contributed by atoms with Gasteiger partial charge < -0.3 is 24.3 Å². The number of nitrogens with one attached hydrogen (secondary N) is 1. The second-order valence-corrected chi connectivity index (χ2v) is 7.68. The second-order valence-electron chi connectivity index (χ2n) is 7.24. The van der Waals surface area contributed by atoms with Gasteiger partial charge >= 0.3 is 0 Å². The van der Waals surface area contributed by atoms with E-state index >= 15 is 0 Å². The summed E-state index contributed by atoms with van der Waals surface area (Å²) in [6.45, 7) is 6.34. The lowest BCUT2D eigenvalue weighted by molar-refractivity contribution is 0.117. The van der Waals surface area contributed by atoms with Gasteiger partial charge in [-0.05, 0) is 37.1 Å². The fourth-order valence-electron chi connectivity index (χ4n) is 3.25. The SMILES string of the molecule is CCc1nncn1CCNC(=NCC1CCCO1)N(C)CCOc1ccc(Cl)cc1. The molecule has 1 aromatic carbocycles. The number of aryl methyl sites for hydroxylation is 1. The number of hydrogen-bond acceptors (Lipinski definition) is 5. The molecule has 2 heterocycles. The van der Waals surface area contributed by atoms with Crippen molar-refractivity contribution in [2.24, 2.45) is 4.99 Å². The molecule has 0 saturated carbocycles. The number of aromatic nitrogens is 3. The van der Waals surface area contributed by atoms with E-state index in [1.54, 1.807) is 6.33 Å². The fourth-order valence-corrected chi connectivity index (χ4v) is 3.38. The molecule has 0 spiro atoms. The van der Waals surface area contributed by atoms with Crippen LogP contribution < -0.4 is 10.1 Å². The Kier molecular flexibility index (Phi) is 8.77. The van der Waals surface area contributed by atoms with Gasteiger partial charge in [0.25, 0.3) is 0 Å². The molecular weight excluding hydrogens is 404 g/mol. The lowest BCUT2D eigenvalue weighted by Crippen LogP contribution is -2.42. The van der Waals surface area contributed by atoms with Crippen molar-refractivity contribution in [3.63, 3.8) is 0 Å². The van der Waals surface area contributed by atoms with Crippen molar-refractivity contribution in [1.29, 1.82) is 0 Å². The molecule has 1 saturated heterocycles. The number of benzene rings is 1. The number of likely N-dealkylation sites (N-methyl/N-ethyl adjacent to an activating group) is 1. The van der Waals surface area contributed by atoms with Gasteiger partial charge in [0, 0.05) is 38.2 Å². The lowest BCUT2D eigenvalue weighted by Gasteiger charge is -2.23. The highest BCUT2D eigenvalue weighted by atomic mass is 35.5. The monoisotopic (exact) mass is 434 g/mol. The van der Waals surface area contributed by atoms with Crippen LogP contribution in [-0.2, 0) is 17.7 Å². The molecule has 30 heavy (non-hydrogen) atoms. The molecule has 1 N–H and O–H groups in total. The molecule has 1 fully saturated rings. The summed E-state index contributed by atoms with van der Waals surface area (Å²) in [5.74, 6) is 2.63. The zero-order valence-electron chi connectivity index (χ0n) is 17.8. The van der Waals surface area contributed by atoms with E-state index in [2.05, 4.69) is 31.9 Å². The van der Waals surface area contributed by atoms with Crippen LogP contribution in [0.2, 0.25) is 5.02 Å². The maximum absolute atomic E-state index is 5.92. The molecule has 1 aliphatic heterocycles. The number of aliphatic imine (C=N–C) groups is 1. The Morgan fingerprint density at radius 2 is 2.23 bits per heavy atom. The van der Waals surface area contributed by atoms with Gasteiger partial charge in [0.15, 0.2) is 5.96 Å². The summed E-state index contributed by atoms with van der Waals surface area (Å²) in [7, 11) is 2.02. The molecule has 2 aromatic rings. The van der Waals surface area contributed by atoms with Gasteiger partial charge in [0.1, 0.15) is 24.5 Å². The molecular formula is C21H31ClN6O2. The van der Waals surface area contributed by atoms with Crippen LogP contribution in [0.1, 0.15) is 25.6 Å².